The summed E-state index contributed by atoms with van der Waals surface area (Å²) in [5.41, 5.74) is 1.17. The first-order chi connectivity index (χ1) is 11.8. The van der Waals surface area contributed by atoms with Gasteiger partial charge in [0, 0.05) is 43.2 Å². The van der Waals surface area contributed by atoms with Crippen molar-refractivity contribution >= 4 is 11.3 Å². The average molecular weight is 347 g/mol. The number of hydrogen-bond donors (Lipinski definition) is 1. The maximum absolute atomic E-state index is 5.95. The molecule has 1 N–H and O–H groups in total. The molecule has 1 saturated heterocycles. The zero-order valence-electron chi connectivity index (χ0n) is 14.3. The molecule has 0 radical (unpaired) electrons. The van der Waals surface area contributed by atoms with Crippen molar-refractivity contribution in [2.24, 2.45) is 7.05 Å². The number of aromatic nitrogens is 3. The van der Waals surface area contributed by atoms with Gasteiger partial charge in [-0.3, -0.25) is 0 Å². The molecule has 0 spiro atoms. The van der Waals surface area contributed by atoms with E-state index in [-0.39, 0.29) is 6.10 Å². The van der Waals surface area contributed by atoms with Crippen LogP contribution in [-0.2, 0) is 18.3 Å². The topological polar surface area (TPSA) is 52.0 Å². The summed E-state index contributed by atoms with van der Waals surface area (Å²) < 4.78 is 8.01. The van der Waals surface area contributed by atoms with Gasteiger partial charge in [-0.25, -0.2) is 9.97 Å². The Hall–Kier alpha value is -1.24. The minimum Gasteiger partial charge on any atom is -0.372 e. The first-order valence-corrected chi connectivity index (χ1v) is 9.87. The lowest BCUT2D eigenvalue weighted by atomic mass is 10.0. The third kappa shape index (κ3) is 3.55. The molecule has 1 aliphatic carbocycles. The lowest BCUT2D eigenvalue weighted by molar-refractivity contribution is -0.00400. The number of nitrogens with one attached hydrogen (secondary N) is 1. The minimum absolute atomic E-state index is 0.152. The van der Waals surface area contributed by atoms with E-state index in [4.69, 9.17) is 4.74 Å². The normalized spacial score (nSPS) is 25.4. The molecule has 4 rings (SSSR count). The van der Waals surface area contributed by atoms with Crippen LogP contribution in [0.3, 0.4) is 0 Å². The van der Waals surface area contributed by atoms with E-state index in [1.807, 2.05) is 30.9 Å². The van der Waals surface area contributed by atoms with Gasteiger partial charge in [0.15, 0.2) is 0 Å². The monoisotopic (exact) mass is 346 g/mol. The second kappa shape index (κ2) is 7.33. The zero-order chi connectivity index (χ0) is 16.4. The molecule has 3 heterocycles. The number of rotatable bonds is 5. The first-order valence-electron chi connectivity index (χ1n) is 9.05. The molecule has 0 unspecified atom stereocenters. The Morgan fingerprint density at radius 3 is 2.96 bits per heavy atom. The molecule has 2 aromatic rings. The van der Waals surface area contributed by atoms with Crippen LogP contribution in [0, 0.1) is 0 Å². The van der Waals surface area contributed by atoms with Gasteiger partial charge in [0.25, 0.3) is 0 Å². The zero-order valence-corrected chi connectivity index (χ0v) is 15.1. The number of nitrogens with zero attached hydrogens (tertiary/aromatic N) is 3. The molecule has 0 aromatic carbocycles. The summed E-state index contributed by atoms with van der Waals surface area (Å²) in [6.45, 7) is 1.73. The van der Waals surface area contributed by atoms with Gasteiger partial charge in [0.2, 0.25) is 0 Å². The van der Waals surface area contributed by atoms with Crippen LogP contribution in [0.2, 0.25) is 0 Å². The fraction of sp³-hybridized carbons (Fsp3) is 0.667. The highest BCUT2D eigenvalue weighted by Crippen LogP contribution is 2.36. The van der Waals surface area contributed by atoms with Crippen LogP contribution in [0.5, 0.6) is 0 Å². The van der Waals surface area contributed by atoms with Gasteiger partial charge in [0.1, 0.15) is 6.10 Å². The minimum atomic E-state index is 0.152. The molecule has 1 saturated carbocycles. The molecule has 1 aliphatic heterocycles. The fourth-order valence-corrected chi connectivity index (χ4v) is 4.91. The number of imidazole rings is 1. The van der Waals surface area contributed by atoms with E-state index < -0.39 is 0 Å². The van der Waals surface area contributed by atoms with Crippen LogP contribution >= 0.6 is 11.3 Å². The van der Waals surface area contributed by atoms with Gasteiger partial charge >= 0.3 is 0 Å². The second-order valence-corrected chi connectivity index (χ2v) is 8.18. The Labute approximate surface area is 147 Å². The molecular weight excluding hydrogens is 320 g/mol. The molecule has 2 aromatic heterocycles. The summed E-state index contributed by atoms with van der Waals surface area (Å²) in [7, 11) is 2.03. The summed E-state index contributed by atoms with van der Waals surface area (Å²) in [6, 6.07) is 0.496. The molecule has 5 nitrogen and oxygen atoms in total. The maximum Gasteiger partial charge on any atom is 0.100 e. The molecule has 2 aliphatic rings. The van der Waals surface area contributed by atoms with Crippen LogP contribution in [-0.4, -0.2) is 27.2 Å². The fourth-order valence-electron chi connectivity index (χ4n) is 3.88. The SMILES string of the molecule is Cn1cncc1[C@@H]1C[C@@H](NCc2cnc(C3CCCC3)s2)CCO1. The molecule has 0 bridgehead atoms. The van der Waals surface area contributed by atoms with E-state index in [0.717, 1.165) is 31.9 Å². The Morgan fingerprint density at radius 2 is 2.17 bits per heavy atom. The van der Waals surface area contributed by atoms with Crippen molar-refractivity contribution < 1.29 is 4.74 Å². The second-order valence-electron chi connectivity index (χ2n) is 7.04. The molecule has 0 amide bonds. The molecule has 2 fully saturated rings. The summed E-state index contributed by atoms with van der Waals surface area (Å²) >= 11 is 1.90. The summed E-state index contributed by atoms with van der Waals surface area (Å²) in [4.78, 5) is 10.2. The van der Waals surface area contributed by atoms with E-state index in [1.54, 1.807) is 0 Å². The van der Waals surface area contributed by atoms with Crippen molar-refractivity contribution in [3.05, 3.63) is 34.3 Å². The highest BCUT2D eigenvalue weighted by atomic mass is 32.1. The van der Waals surface area contributed by atoms with Crippen molar-refractivity contribution in [3.8, 4) is 0 Å². The average Bonchev–Trinajstić information content (AvgIpc) is 3.34. The van der Waals surface area contributed by atoms with E-state index in [0.29, 0.717) is 6.04 Å². The lowest BCUT2D eigenvalue weighted by Gasteiger charge is -2.30. The van der Waals surface area contributed by atoms with Crippen molar-refractivity contribution in [2.75, 3.05) is 6.61 Å². The van der Waals surface area contributed by atoms with E-state index in [2.05, 4.69) is 26.0 Å². The Bertz CT molecular complexity index is 662. The van der Waals surface area contributed by atoms with Gasteiger partial charge in [-0.15, -0.1) is 11.3 Å². The standard InChI is InChI=1S/C18H26N4OS/c1-22-12-19-11-16(22)17-8-14(6-7-23-17)20-9-15-10-21-18(24-15)13-4-2-3-5-13/h10-14,17,20H,2-9H2,1H3/t14-,17-/m0/s1. The predicted molar refractivity (Wildman–Crippen MR) is 95.1 cm³/mol. The highest BCUT2D eigenvalue weighted by Gasteiger charge is 2.26. The van der Waals surface area contributed by atoms with Crippen molar-refractivity contribution in [2.45, 2.75) is 63.1 Å². The largest absolute Gasteiger partial charge is 0.372 e. The highest BCUT2D eigenvalue weighted by molar-refractivity contribution is 7.11. The Balaban J connectivity index is 1.31. The van der Waals surface area contributed by atoms with E-state index >= 15 is 0 Å². The van der Waals surface area contributed by atoms with Crippen LogP contribution in [0.1, 0.15) is 66.1 Å². The lowest BCUT2D eigenvalue weighted by Crippen LogP contribution is -2.36. The quantitative estimate of drug-likeness (QED) is 0.900. The van der Waals surface area contributed by atoms with Gasteiger partial charge in [-0.2, -0.15) is 0 Å². The Kier molecular flexibility index (Phi) is 4.96. The van der Waals surface area contributed by atoms with Crippen LogP contribution in [0.4, 0.5) is 0 Å². The van der Waals surface area contributed by atoms with Gasteiger partial charge in [-0.05, 0) is 25.7 Å². The molecule has 6 heteroatoms. The van der Waals surface area contributed by atoms with Crippen molar-refractivity contribution in [1.82, 2.24) is 19.9 Å². The van der Waals surface area contributed by atoms with Crippen LogP contribution < -0.4 is 5.32 Å². The maximum atomic E-state index is 5.95. The molecule has 24 heavy (non-hydrogen) atoms. The van der Waals surface area contributed by atoms with Crippen molar-refractivity contribution in [1.29, 1.82) is 0 Å². The third-order valence-corrected chi connectivity index (χ3v) is 6.47. The molecule has 2 atom stereocenters. The van der Waals surface area contributed by atoms with Crippen molar-refractivity contribution in [3.63, 3.8) is 0 Å². The van der Waals surface area contributed by atoms with E-state index in [9.17, 15) is 0 Å². The summed E-state index contributed by atoms with van der Waals surface area (Å²) in [6.07, 6.45) is 13.5. The third-order valence-electron chi connectivity index (χ3n) is 5.31. The summed E-state index contributed by atoms with van der Waals surface area (Å²) in [5, 5.41) is 5.06. The van der Waals surface area contributed by atoms with Crippen LogP contribution in [0.25, 0.3) is 0 Å². The van der Waals surface area contributed by atoms with Gasteiger partial charge in [0.05, 0.1) is 23.2 Å². The predicted octanol–water partition coefficient (Wildman–Crippen LogP) is 3.54. The number of aryl methyl sites for hydroxylation is 1. The van der Waals surface area contributed by atoms with Crippen LogP contribution in [0.15, 0.2) is 18.7 Å². The van der Waals surface area contributed by atoms with E-state index in [1.165, 1.54) is 41.3 Å². The Morgan fingerprint density at radius 1 is 1.29 bits per heavy atom. The first kappa shape index (κ1) is 16.2. The van der Waals surface area contributed by atoms with Gasteiger partial charge < -0.3 is 14.6 Å². The number of hydrogen-bond acceptors (Lipinski definition) is 5. The smallest absolute Gasteiger partial charge is 0.100 e. The van der Waals surface area contributed by atoms with Gasteiger partial charge in [-0.1, -0.05) is 12.8 Å². The number of thiazole rings is 1. The molecule has 130 valence electrons. The molecular formula is C18H26N4OS. The number of ether oxygens (including phenoxy) is 1. The summed E-state index contributed by atoms with van der Waals surface area (Å²) in [5.74, 6) is 0.723.